The van der Waals surface area contributed by atoms with Gasteiger partial charge in [-0.25, -0.2) is 0 Å². The van der Waals surface area contributed by atoms with Gasteiger partial charge in [0, 0.05) is 6.20 Å². The van der Waals surface area contributed by atoms with Crippen molar-refractivity contribution in [3.05, 3.63) is 40.7 Å². The first-order valence-electron chi connectivity index (χ1n) is 5.22. The van der Waals surface area contributed by atoms with Gasteiger partial charge in [0.15, 0.2) is 0 Å². The zero-order chi connectivity index (χ0) is 12.4. The van der Waals surface area contributed by atoms with Crippen LogP contribution in [0.5, 0.6) is 5.75 Å². The van der Waals surface area contributed by atoms with Gasteiger partial charge in [-0.2, -0.15) is 5.10 Å². The van der Waals surface area contributed by atoms with Crippen LogP contribution >= 0.6 is 11.6 Å². The summed E-state index contributed by atoms with van der Waals surface area (Å²) in [5, 5.41) is 4.96. The van der Waals surface area contributed by atoms with Crippen molar-refractivity contribution in [3.8, 4) is 5.75 Å². The molecule has 2 rings (SSSR count). The standard InChI is InChI=1S/C12H14ClN3O/c1-8-10(13)7-16(15-8)6-9-3-4-12(17-2)11(14)5-9/h3-5,7H,6,14H2,1-2H3. The number of aromatic nitrogens is 2. The van der Waals surface area contributed by atoms with Crippen LogP contribution in [0.1, 0.15) is 11.3 Å². The quantitative estimate of drug-likeness (QED) is 0.853. The Kier molecular flexibility index (Phi) is 3.24. The molecule has 0 atom stereocenters. The highest BCUT2D eigenvalue weighted by Gasteiger charge is 2.04. The van der Waals surface area contributed by atoms with E-state index >= 15 is 0 Å². The molecule has 90 valence electrons. The molecule has 0 amide bonds. The Hall–Kier alpha value is -1.68. The summed E-state index contributed by atoms with van der Waals surface area (Å²) in [7, 11) is 1.60. The molecule has 0 bridgehead atoms. The van der Waals surface area contributed by atoms with Crippen LogP contribution in [0.3, 0.4) is 0 Å². The molecule has 0 spiro atoms. The van der Waals surface area contributed by atoms with Gasteiger partial charge in [0.2, 0.25) is 0 Å². The molecular weight excluding hydrogens is 238 g/mol. The topological polar surface area (TPSA) is 53.1 Å². The molecule has 0 saturated heterocycles. The van der Waals surface area contributed by atoms with E-state index in [9.17, 15) is 0 Å². The van der Waals surface area contributed by atoms with E-state index in [1.807, 2.05) is 25.1 Å². The Balaban J connectivity index is 2.21. The predicted octanol–water partition coefficient (Wildman–Crippen LogP) is 2.48. The summed E-state index contributed by atoms with van der Waals surface area (Å²) in [4.78, 5) is 0. The number of nitrogens with two attached hydrogens (primary N) is 1. The van der Waals surface area contributed by atoms with Gasteiger partial charge in [-0.05, 0) is 24.6 Å². The number of halogens is 1. The maximum atomic E-state index is 5.95. The lowest BCUT2D eigenvalue weighted by atomic mass is 10.2. The summed E-state index contributed by atoms with van der Waals surface area (Å²) >= 11 is 5.95. The normalized spacial score (nSPS) is 10.5. The highest BCUT2D eigenvalue weighted by Crippen LogP contribution is 2.22. The van der Waals surface area contributed by atoms with Gasteiger partial charge < -0.3 is 10.5 Å². The third-order valence-electron chi connectivity index (χ3n) is 2.53. The summed E-state index contributed by atoms with van der Waals surface area (Å²) in [5.74, 6) is 0.684. The summed E-state index contributed by atoms with van der Waals surface area (Å²) in [6.07, 6.45) is 1.80. The van der Waals surface area contributed by atoms with Crippen molar-refractivity contribution in [2.45, 2.75) is 13.5 Å². The van der Waals surface area contributed by atoms with Gasteiger partial charge in [0.25, 0.3) is 0 Å². The fraction of sp³-hybridized carbons (Fsp3) is 0.250. The summed E-state index contributed by atoms with van der Waals surface area (Å²) in [5.41, 5.74) is 8.35. The van der Waals surface area contributed by atoms with Gasteiger partial charge in [0.1, 0.15) is 5.75 Å². The second kappa shape index (κ2) is 4.67. The minimum absolute atomic E-state index is 0.625. The number of nitrogens with zero attached hydrogens (tertiary/aromatic N) is 2. The Bertz CT molecular complexity index is 517. The maximum absolute atomic E-state index is 5.95. The van der Waals surface area contributed by atoms with Gasteiger partial charge in [-0.1, -0.05) is 17.7 Å². The largest absolute Gasteiger partial charge is 0.495 e. The Morgan fingerprint density at radius 1 is 1.47 bits per heavy atom. The number of hydrogen-bond acceptors (Lipinski definition) is 3. The van der Waals surface area contributed by atoms with E-state index in [0.29, 0.717) is 23.0 Å². The molecule has 17 heavy (non-hydrogen) atoms. The van der Waals surface area contributed by atoms with E-state index < -0.39 is 0 Å². The monoisotopic (exact) mass is 251 g/mol. The average molecular weight is 252 g/mol. The van der Waals surface area contributed by atoms with E-state index in [1.165, 1.54) is 0 Å². The lowest BCUT2D eigenvalue weighted by Gasteiger charge is -2.07. The molecule has 2 aromatic rings. The van der Waals surface area contributed by atoms with Crippen LogP contribution in [0.4, 0.5) is 5.69 Å². The number of anilines is 1. The Morgan fingerprint density at radius 2 is 2.24 bits per heavy atom. The van der Waals surface area contributed by atoms with E-state index in [4.69, 9.17) is 22.1 Å². The van der Waals surface area contributed by atoms with Crippen molar-refractivity contribution in [1.29, 1.82) is 0 Å². The molecule has 0 aliphatic heterocycles. The first-order valence-corrected chi connectivity index (χ1v) is 5.60. The molecule has 0 unspecified atom stereocenters. The smallest absolute Gasteiger partial charge is 0.141 e. The van der Waals surface area contributed by atoms with Gasteiger partial charge >= 0.3 is 0 Å². The van der Waals surface area contributed by atoms with Crippen LogP contribution < -0.4 is 10.5 Å². The first kappa shape index (κ1) is 11.8. The van der Waals surface area contributed by atoms with Gasteiger partial charge in [-0.3, -0.25) is 4.68 Å². The fourth-order valence-corrected chi connectivity index (χ4v) is 1.79. The molecule has 0 saturated carbocycles. The number of hydrogen-bond donors (Lipinski definition) is 1. The Morgan fingerprint density at radius 3 is 2.76 bits per heavy atom. The molecule has 5 heteroatoms. The van der Waals surface area contributed by atoms with Crippen molar-refractivity contribution in [3.63, 3.8) is 0 Å². The van der Waals surface area contributed by atoms with E-state index in [0.717, 1.165) is 11.3 Å². The van der Waals surface area contributed by atoms with E-state index in [1.54, 1.807) is 18.0 Å². The predicted molar refractivity (Wildman–Crippen MR) is 68.5 cm³/mol. The SMILES string of the molecule is COc1ccc(Cn2cc(Cl)c(C)n2)cc1N. The molecule has 1 aromatic carbocycles. The van der Waals surface area contributed by atoms with Crippen molar-refractivity contribution < 1.29 is 4.74 Å². The van der Waals surface area contributed by atoms with Crippen LogP contribution in [-0.2, 0) is 6.54 Å². The zero-order valence-corrected chi connectivity index (χ0v) is 10.5. The number of aryl methyl sites for hydroxylation is 1. The first-order chi connectivity index (χ1) is 8.10. The molecule has 1 aromatic heterocycles. The van der Waals surface area contributed by atoms with Crippen molar-refractivity contribution in [2.75, 3.05) is 12.8 Å². The highest BCUT2D eigenvalue weighted by atomic mass is 35.5. The van der Waals surface area contributed by atoms with Gasteiger partial charge in [-0.15, -0.1) is 0 Å². The molecular formula is C12H14ClN3O. The van der Waals surface area contributed by atoms with Crippen LogP contribution in [0, 0.1) is 6.92 Å². The van der Waals surface area contributed by atoms with Crippen molar-refractivity contribution >= 4 is 17.3 Å². The van der Waals surface area contributed by atoms with Crippen LogP contribution in [0.2, 0.25) is 5.02 Å². The molecule has 0 radical (unpaired) electrons. The van der Waals surface area contributed by atoms with E-state index in [2.05, 4.69) is 5.10 Å². The minimum Gasteiger partial charge on any atom is -0.495 e. The minimum atomic E-state index is 0.625. The highest BCUT2D eigenvalue weighted by molar-refractivity contribution is 6.31. The molecule has 0 aliphatic rings. The number of benzene rings is 1. The number of ether oxygens (including phenoxy) is 1. The maximum Gasteiger partial charge on any atom is 0.141 e. The molecule has 0 fully saturated rings. The molecule has 2 N–H and O–H groups in total. The van der Waals surface area contributed by atoms with Crippen LogP contribution in [0.15, 0.2) is 24.4 Å². The fourth-order valence-electron chi connectivity index (χ4n) is 1.64. The zero-order valence-electron chi connectivity index (χ0n) is 9.77. The third-order valence-corrected chi connectivity index (χ3v) is 2.90. The number of methoxy groups -OCH3 is 1. The molecule has 4 nitrogen and oxygen atoms in total. The number of nitrogen functional groups attached to an aromatic ring is 1. The van der Waals surface area contributed by atoms with Crippen molar-refractivity contribution in [2.24, 2.45) is 0 Å². The number of rotatable bonds is 3. The molecule has 1 heterocycles. The summed E-state index contributed by atoms with van der Waals surface area (Å²) in [6.45, 7) is 2.52. The third kappa shape index (κ3) is 2.53. The second-order valence-electron chi connectivity index (χ2n) is 3.84. The second-order valence-corrected chi connectivity index (χ2v) is 4.24. The van der Waals surface area contributed by atoms with E-state index in [-0.39, 0.29) is 0 Å². The summed E-state index contributed by atoms with van der Waals surface area (Å²) < 4.78 is 6.90. The van der Waals surface area contributed by atoms with Crippen LogP contribution in [-0.4, -0.2) is 16.9 Å². The Labute approximate surface area is 105 Å². The lowest BCUT2D eigenvalue weighted by molar-refractivity contribution is 0.417. The average Bonchev–Trinajstić information content (AvgIpc) is 2.58. The lowest BCUT2D eigenvalue weighted by Crippen LogP contribution is -2.02. The van der Waals surface area contributed by atoms with Gasteiger partial charge in [0.05, 0.1) is 30.1 Å². The van der Waals surface area contributed by atoms with Crippen LogP contribution in [0.25, 0.3) is 0 Å². The van der Waals surface area contributed by atoms with Crippen molar-refractivity contribution in [1.82, 2.24) is 9.78 Å². The summed E-state index contributed by atoms with van der Waals surface area (Å²) in [6, 6.07) is 5.69. The molecule has 0 aliphatic carbocycles.